The zero-order valence-corrected chi connectivity index (χ0v) is 9.91. The van der Waals surface area contributed by atoms with E-state index in [4.69, 9.17) is 6.42 Å². The standard InChI is InChI=1S/C11H11BrN2O/c1-3-9(4-2)14-11(15)10-6-5-8(12)7-13-10/h1,5-7,9H,4H2,2H3,(H,14,15). The van der Waals surface area contributed by atoms with Crippen molar-refractivity contribution >= 4 is 21.8 Å². The molecule has 1 atom stereocenters. The second-order valence-corrected chi connectivity index (χ2v) is 3.88. The molecule has 0 bridgehead atoms. The lowest BCUT2D eigenvalue weighted by Gasteiger charge is -2.09. The van der Waals surface area contributed by atoms with E-state index in [2.05, 4.69) is 32.2 Å². The number of nitrogens with zero attached hydrogens (tertiary/aromatic N) is 1. The zero-order valence-electron chi connectivity index (χ0n) is 8.33. The monoisotopic (exact) mass is 266 g/mol. The molecule has 3 nitrogen and oxygen atoms in total. The van der Waals surface area contributed by atoms with Gasteiger partial charge in [0.1, 0.15) is 5.69 Å². The number of carbonyl (C=O) groups is 1. The summed E-state index contributed by atoms with van der Waals surface area (Å²) in [6.07, 6.45) is 7.52. The number of amides is 1. The first-order valence-electron chi connectivity index (χ1n) is 4.56. The lowest BCUT2D eigenvalue weighted by atomic mass is 10.2. The highest BCUT2D eigenvalue weighted by Crippen LogP contribution is 2.07. The Morgan fingerprint density at radius 1 is 1.73 bits per heavy atom. The molecule has 0 aliphatic heterocycles. The highest BCUT2D eigenvalue weighted by Gasteiger charge is 2.10. The first kappa shape index (κ1) is 11.7. The predicted molar refractivity (Wildman–Crippen MR) is 62.3 cm³/mol. The van der Waals surface area contributed by atoms with Gasteiger partial charge in [-0.1, -0.05) is 12.8 Å². The largest absolute Gasteiger partial charge is 0.337 e. The molecule has 1 unspecified atom stereocenters. The van der Waals surface area contributed by atoms with Gasteiger partial charge in [0, 0.05) is 10.7 Å². The highest BCUT2D eigenvalue weighted by molar-refractivity contribution is 9.10. The summed E-state index contributed by atoms with van der Waals surface area (Å²) in [5.41, 5.74) is 0.368. The van der Waals surface area contributed by atoms with Crippen molar-refractivity contribution < 1.29 is 4.79 Å². The third-order valence-corrected chi connectivity index (χ3v) is 2.34. The van der Waals surface area contributed by atoms with Gasteiger partial charge in [-0.3, -0.25) is 4.79 Å². The average molecular weight is 267 g/mol. The van der Waals surface area contributed by atoms with Crippen LogP contribution in [0, 0.1) is 12.3 Å². The summed E-state index contributed by atoms with van der Waals surface area (Å²) in [5.74, 6) is 2.25. The maximum absolute atomic E-state index is 11.6. The van der Waals surface area contributed by atoms with Crippen molar-refractivity contribution in [1.82, 2.24) is 10.3 Å². The van der Waals surface area contributed by atoms with Crippen molar-refractivity contribution in [2.45, 2.75) is 19.4 Å². The fourth-order valence-electron chi connectivity index (χ4n) is 1.00. The quantitative estimate of drug-likeness (QED) is 0.851. The Morgan fingerprint density at radius 3 is 2.93 bits per heavy atom. The minimum atomic E-state index is -0.243. The molecule has 0 spiro atoms. The summed E-state index contributed by atoms with van der Waals surface area (Å²) in [5, 5.41) is 2.70. The number of terminal acetylenes is 1. The molecular weight excluding hydrogens is 256 g/mol. The molecule has 1 rings (SSSR count). The van der Waals surface area contributed by atoms with Crippen LogP contribution in [0.2, 0.25) is 0 Å². The van der Waals surface area contributed by atoms with Crippen molar-refractivity contribution in [2.75, 3.05) is 0 Å². The van der Waals surface area contributed by atoms with E-state index in [1.165, 1.54) is 0 Å². The van der Waals surface area contributed by atoms with Gasteiger partial charge in [-0.15, -0.1) is 6.42 Å². The zero-order chi connectivity index (χ0) is 11.3. The summed E-state index contributed by atoms with van der Waals surface area (Å²) in [6, 6.07) is 3.17. The Morgan fingerprint density at radius 2 is 2.47 bits per heavy atom. The van der Waals surface area contributed by atoms with Crippen LogP contribution in [-0.4, -0.2) is 16.9 Å². The fourth-order valence-corrected chi connectivity index (χ4v) is 1.24. The maximum atomic E-state index is 11.6. The van der Waals surface area contributed by atoms with E-state index in [0.29, 0.717) is 12.1 Å². The van der Waals surface area contributed by atoms with E-state index in [-0.39, 0.29) is 11.9 Å². The Kier molecular flexibility index (Phi) is 4.32. The van der Waals surface area contributed by atoms with E-state index < -0.39 is 0 Å². The average Bonchev–Trinajstić information content (AvgIpc) is 2.26. The van der Waals surface area contributed by atoms with Crippen LogP contribution in [0.25, 0.3) is 0 Å². The van der Waals surface area contributed by atoms with Crippen molar-refractivity contribution in [3.05, 3.63) is 28.5 Å². The first-order chi connectivity index (χ1) is 7.17. The molecule has 78 valence electrons. The molecule has 1 aromatic heterocycles. The number of rotatable bonds is 3. The van der Waals surface area contributed by atoms with Gasteiger partial charge in [-0.05, 0) is 34.5 Å². The molecule has 0 radical (unpaired) electrons. The number of hydrogen-bond donors (Lipinski definition) is 1. The summed E-state index contributed by atoms with van der Waals surface area (Å²) in [7, 11) is 0. The van der Waals surface area contributed by atoms with Gasteiger partial charge >= 0.3 is 0 Å². The number of carbonyl (C=O) groups excluding carboxylic acids is 1. The summed E-state index contributed by atoms with van der Waals surface area (Å²) in [4.78, 5) is 15.6. The molecule has 1 heterocycles. The van der Waals surface area contributed by atoms with Gasteiger partial charge in [-0.25, -0.2) is 4.98 Å². The Balaban J connectivity index is 2.70. The van der Waals surface area contributed by atoms with E-state index in [1.54, 1.807) is 18.3 Å². The van der Waals surface area contributed by atoms with Gasteiger partial charge in [0.25, 0.3) is 5.91 Å². The molecular formula is C11H11BrN2O. The number of hydrogen-bond acceptors (Lipinski definition) is 2. The van der Waals surface area contributed by atoms with Crippen LogP contribution >= 0.6 is 15.9 Å². The molecule has 0 fully saturated rings. The Bertz CT molecular complexity index is 381. The molecule has 0 aliphatic carbocycles. The lowest BCUT2D eigenvalue weighted by molar-refractivity contribution is 0.0940. The van der Waals surface area contributed by atoms with E-state index >= 15 is 0 Å². The maximum Gasteiger partial charge on any atom is 0.270 e. The first-order valence-corrected chi connectivity index (χ1v) is 5.35. The van der Waals surface area contributed by atoms with Gasteiger partial charge < -0.3 is 5.32 Å². The van der Waals surface area contributed by atoms with E-state index in [1.807, 2.05) is 6.92 Å². The van der Waals surface area contributed by atoms with Gasteiger partial charge in [0.15, 0.2) is 0 Å². The summed E-state index contributed by atoms with van der Waals surface area (Å²) in [6.45, 7) is 1.92. The number of nitrogens with one attached hydrogen (secondary N) is 1. The highest BCUT2D eigenvalue weighted by atomic mass is 79.9. The third-order valence-electron chi connectivity index (χ3n) is 1.87. The molecule has 1 N–H and O–H groups in total. The normalized spacial score (nSPS) is 11.5. The second-order valence-electron chi connectivity index (χ2n) is 2.96. The number of pyridine rings is 1. The molecule has 0 saturated carbocycles. The molecule has 4 heteroatoms. The number of halogens is 1. The second kappa shape index (κ2) is 5.52. The van der Waals surface area contributed by atoms with Crippen LogP contribution in [0.1, 0.15) is 23.8 Å². The van der Waals surface area contributed by atoms with E-state index in [0.717, 1.165) is 4.47 Å². The van der Waals surface area contributed by atoms with Crippen LogP contribution in [0.4, 0.5) is 0 Å². The molecule has 0 saturated heterocycles. The molecule has 0 aliphatic rings. The SMILES string of the molecule is C#CC(CC)NC(=O)c1ccc(Br)cn1. The Hall–Kier alpha value is -1.34. The topological polar surface area (TPSA) is 42.0 Å². The van der Waals surface area contributed by atoms with E-state index in [9.17, 15) is 4.79 Å². The fraction of sp³-hybridized carbons (Fsp3) is 0.273. The van der Waals surface area contributed by atoms with Crippen LogP contribution in [0.5, 0.6) is 0 Å². The van der Waals surface area contributed by atoms with Crippen molar-refractivity contribution in [1.29, 1.82) is 0 Å². The summed E-state index contributed by atoms with van der Waals surface area (Å²) >= 11 is 3.25. The molecule has 15 heavy (non-hydrogen) atoms. The van der Waals surface area contributed by atoms with Crippen LogP contribution in [0.15, 0.2) is 22.8 Å². The molecule has 1 aromatic rings. The molecule has 1 amide bonds. The molecule has 0 aromatic carbocycles. The lowest BCUT2D eigenvalue weighted by Crippen LogP contribution is -2.33. The third kappa shape index (κ3) is 3.37. The Labute approximate surface area is 97.4 Å². The van der Waals surface area contributed by atoms with Crippen molar-refractivity contribution in [3.8, 4) is 12.3 Å². The van der Waals surface area contributed by atoms with Crippen LogP contribution in [0.3, 0.4) is 0 Å². The minimum absolute atomic E-state index is 0.233. The minimum Gasteiger partial charge on any atom is -0.337 e. The summed E-state index contributed by atoms with van der Waals surface area (Å²) < 4.78 is 0.836. The van der Waals surface area contributed by atoms with Gasteiger partial charge in [-0.2, -0.15) is 0 Å². The van der Waals surface area contributed by atoms with Gasteiger partial charge in [0.2, 0.25) is 0 Å². The van der Waals surface area contributed by atoms with Crippen LogP contribution < -0.4 is 5.32 Å². The van der Waals surface area contributed by atoms with Crippen LogP contribution in [-0.2, 0) is 0 Å². The number of aromatic nitrogens is 1. The van der Waals surface area contributed by atoms with Gasteiger partial charge in [0.05, 0.1) is 6.04 Å². The van der Waals surface area contributed by atoms with Crippen molar-refractivity contribution in [3.63, 3.8) is 0 Å². The smallest absolute Gasteiger partial charge is 0.270 e. The predicted octanol–water partition coefficient (Wildman–Crippen LogP) is 1.99. The van der Waals surface area contributed by atoms with Crippen molar-refractivity contribution in [2.24, 2.45) is 0 Å².